The average Bonchev–Trinajstić information content (AvgIpc) is 2.31. The zero-order valence-electron chi connectivity index (χ0n) is 8.16. The number of nitrogen functional groups attached to an aromatic ring is 1. The Kier molecular flexibility index (Phi) is 3.06. The van der Waals surface area contributed by atoms with Crippen LogP contribution in [0.15, 0.2) is 40.9 Å². The summed E-state index contributed by atoms with van der Waals surface area (Å²) in [6.07, 6.45) is 6.29. The van der Waals surface area contributed by atoms with Crippen LogP contribution in [0.3, 0.4) is 0 Å². The largest absolute Gasteiger partial charge is 0.384 e. The number of rotatable bonds is 3. The lowest BCUT2D eigenvalue weighted by Gasteiger charge is -2.03. The van der Waals surface area contributed by atoms with Crippen LogP contribution >= 0.6 is 11.8 Å². The second kappa shape index (κ2) is 4.67. The molecule has 2 aromatic heterocycles. The molecule has 0 unspecified atom stereocenters. The van der Waals surface area contributed by atoms with Gasteiger partial charge in [0.15, 0.2) is 0 Å². The predicted octanol–water partition coefficient (Wildman–Crippen LogP) is 0.702. The summed E-state index contributed by atoms with van der Waals surface area (Å²) in [4.78, 5) is 8.03. The lowest BCUT2D eigenvalue weighted by atomic mass is 10.3. The molecule has 0 aliphatic carbocycles. The third-order valence-corrected chi connectivity index (χ3v) is 2.63. The smallest absolute Gasteiger partial charge is 0.136 e. The van der Waals surface area contributed by atoms with Crippen molar-refractivity contribution in [2.75, 3.05) is 0 Å². The number of nitrogens with zero attached hydrogens (tertiary/aromatic N) is 4. The van der Waals surface area contributed by atoms with Gasteiger partial charge in [-0.25, -0.2) is 4.98 Å². The van der Waals surface area contributed by atoms with E-state index in [4.69, 9.17) is 11.1 Å². The Balaban J connectivity index is 2.31. The predicted molar refractivity (Wildman–Crippen MR) is 59.2 cm³/mol. The van der Waals surface area contributed by atoms with E-state index in [1.54, 1.807) is 24.7 Å². The van der Waals surface area contributed by atoms with Gasteiger partial charge in [-0.2, -0.15) is 5.10 Å². The van der Waals surface area contributed by atoms with E-state index in [1.165, 1.54) is 18.0 Å². The van der Waals surface area contributed by atoms with Crippen LogP contribution in [0.4, 0.5) is 0 Å². The third-order valence-electron chi connectivity index (χ3n) is 1.72. The number of nitrogens with two attached hydrogens (primary N) is 1. The maximum atomic E-state index is 7.40. The standard InChI is InChI=1S/C9H8N6S/c10-8(11)6-1-2-14-15-9(6)16-7-5-12-3-4-13-7/h1-5H,(H3,10,11). The minimum Gasteiger partial charge on any atom is -0.384 e. The SMILES string of the molecule is N=C(N)c1ccnnc1Sc1cnccn1. The summed E-state index contributed by atoms with van der Waals surface area (Å²) in [5, 5.41) is 16.3. The molecule has 0 aromatic carbocycles. The topological polar surface area (TPSA) is 101 Å². The van der Waals surface area contributed by atoms with E-state index in [2.05, 4.69) is 20.2 Å². The Labute approximate surface area is 95.8 Å². The van der Waals surface area contributed by atoms with Gasteiger partial charge in [0.2, 0.25) is 0 Å². The van der Waals surface area contributed by atoms with Crippen molar-refractivity contribution >= 4 is 17.6 Å². The summed E-state index contributed by atoms with van der Waals surface area (Å²) in [6, 6.07) is 1.65. The zero-order valence-corrected chi connectivity index (χ0v) is 8.98. The van der Waals surface area contributed by atoms with Gasteiger partial charge in [0.25, 0.3) is 0 Å². The van der Waals surface area contributed by atoms with Crippen molar-refractivity contribution < 1.29 is 0 Å². The molecule has 0 saturated carbocycles. The fourth-order valence-corrected chi connectivity index (χ4v) is 1.84. The minimum absolute atomic E-state index is 0.0405. The van der Waals surface area contributed by atoms with Crippen LogP contribution in [0.25, 0.3) is 0 Å². The molecule has 0 fully saturated rings. The summed E-state index contributed by atoms with van der Waals surface area (Å²) >= 11 is 1.27. The maximum absolute atomic E-state index is 7.40. The molecular weight excluding hydrogens is 224 g/mol. The molecule has 2 aromatic rings. The molecule has 7 heteroatoms. The van der Waals surface area contributed by atoms with Crippen molar-refractivity contribution in [3.63, 3.8) is 0 Å². The van der Waals surface area contributed by atoms with Crippen LogP contribution in [0.2, 0.25) is 0 Å². The van der Waals surface area contributed by atoms with E-state index in [9.17, 15) is 0 Å². The highest BCUT2D eigenvalue weighted by Gasteiger charge is 2.09. The summed E-state index contributed by atoms with van der Waals surface area (Å²) in [6.45, 7) is 0. The van der Waals surface area contributed by atoms with Gasteiger partial charge in [-0.1, -0.05) is 0 Å². The molecule has 2 heterocycles. The maximum Gasteiger partial charge on any atom is 0.136 e. The van der Waals surface area contributed by atoms with E-state index in [-0.39, 0.29) is 5.84 Å². The molecular formula is C9H8N6S. The minimum atomic E-state index is -0.0405. The van der Waals surface area contributed by atoms with Crippen molar-refractivity contribution in [3.8, 4) is 0 Å². The Bertz CT molecular complexity index is 500. The van der Waals surface area contributed by atoms with Crippen molar-refractivity contribution in [3.05, 3.63) is 36.4 Å². The molecule has 16 heavy (non-hydrogen) atoms. The monoisotopic (exact) mass is 232 g/mol. The summed E-state index contributed by atoms with van der Waals surface area (Å²) in [5.74, 6) is -0.0405. The number of hydrogen-bond acceptors (Lipinski definition) is 6. The number of nitrogens with one attached hydrogen (secondary N) is 1. The molecule has 2 rings (SSSR count). The molecule has 0 bridgehead atoms. The van der Waals surface area contributed by atoms with Crippen molar-refractivity contribution in [2.24, 2.45) is 5.73 Å². The summed E-state index contributed by atoms with van der Waals surface area (Å²) in [5.41, 5.74) is 5.98. The molecule has 0 amide bonds. The van der Waals surface area contributed by atoms with Gasteiger partial charge < -0.3 is 5.73 Å². The number of hydrogen-bond donors (Lipinski definition) is 2. The highest BCUT2D eigenvalue weighted by Crippen LogP contribution is 2.25. The molecule has 3 N–H and O–H groups in total. The summed E-state index contributed by atoms with van der Waals surface area (Å²) < 4.78 is 0. The third kappa shape index (κ3) is 2.31. The van der Waals surface area contributed by atoms with Crippen molar-refractivity contribution in [1.82, 2.24) is 20.2 Å². The Morgan fingerprint density at radius 3 is 2.88 bits per heavy atom. The molecule has 0 atom stereocenters. The van der Waals surface area contributed by atoms with Gasteiger partial charge in [0.05, 0.1) is 18.0 Å². The van der Waals surface area contributed by atoms with Crippen LogP contribution < -0.4 is 5.73 Å². The quantitative estimate of drug-likeness (QED) is 0.596. The Morgan fingerprint density at radius 1 is 1.31 bits per heavy atom. The number of aromatic nitrogens is 4. The second-order valence-electron chi connectivity index (χ2n) is 2.81. The fraction of sp³-hybridized carbons (Fsp3) is 0. The first-order chi connectivity index (χ1) is 7.77. The normalized spacial score (nSPS) is 10.0. The van der Waals surface area contributed by atoms with Gasteiger partial charge >= 0.3 is 0 Å². The van der Waals surface area contributed by atoms with Crippen LogP contribution in [-0.2, 0) is 0 Å². The fourth-order valence-electron chi connectivity index (χ4n) is 1.04. The number of amidine groups is 1. The van der Waals surface area contributed by atoms with Crippen LogP contribution in [0, 0.1) is 5.41 Å². The summed E-state index contributed by atoms with van der Waals surface area (Å²) in [7, 11) is 0. The van der Waals surface area contributed by atoms with Gasteiger partial charge in [-0.15, -0.1) is 5.10 Å². The van der Waals surface area contributed by atoms with Gasteiger partial charge in [-0.05, 0) is 17.8 Å². The average molecular weight is 232 g/mol. The second-order valence-corrected chi connectivity index (χ2v) is 3.82. The van der Waals surface area contributed by atoms with E-state index in [1.807, 2.05) is 0 Å². The van der Waals surface area contributed by atoms with E-state index >= 15 is 0 Å². The van der Waals surface area contributed by atoms with E-state index < -0.39 is 0 Å². The van der Waals surface area contributed by atoms with Crippen LogP contribution in [-0.4, -0.2) is 26.0 Å². The van der Waals surface area contributed by atoms with E-state index in [0.29, 0.717) is 15.6 Å². The van der Waals surface area contributed by atoms with Crippen LogP contribution in [0.5, 0.6) is 0 Å². The Morgan fingerprint density at radius 2 is 2.19 bits per heavy atom. The van der Waals surface area contributed by atoms with E-state index in [0.717, 1.165) is 0 Å². The first kappa shape index (κ1) is 10.5. The highest BCUT2D eigenvalue weighted by molar-refractivity contribution is 7.99. The molecule has 0 radical (unpaired) electrons. The lowest BCUT2D eigenvalue weighted by molar-refractivity contribution is 0.916. The first-order valence-electron chi connectivity index (χ1n) is 4.37. The molecule has 80 valence electrons. The highest BCUT2D eigenvalue weighted by atomic mass is 32.2. The van der Waals surface area contributed by atoms with Crippen molar-refractivity contribution in [2.45, 2.75) is 10.1 Å². The zero-order chi connectivity index (χ0) is 11.4. The first-order valence-corrected chi connectivity index (χ1v) is 5.19. The van der Waals surface area contributed by atoms with Crippen LogP contribution in [0.1, 0.15) is 5.56 Å². The molecule has 0 aliphatic heterocycles. The van der Waals surface area contributed by atoms with Gasteiger partial charge in [0, 0.05) is 12.4 Å². The van der Waals surface area contributed by atoms with Gasteiger partial charge in [-0.3, -0.25) is 10.4 Å². The molecule has 0 spiro atoms. The molecule has 6 nitrogen and oxygen atoms in total. The Hall–Kier alpha value is -2.02. The van der Waals surface area contributed by atoms with Gasteiger partial charge in [0.1, 0.15) is 15.9 Å². The molecule has 0 aliphatic rings. The van der Waals surface area contributed by atoms with Crippen molar-refractivity contribution in [1.29, 1.82) is 5.41 Å². The molecule has 0 saturated heterocycles. The lowest BCUT2D eigenvalue weighted by Crippen LogP contribution is -2.13.